The van der Waals surface area contributed by atoms with E-state index in [0.29, 0.717) is 18.5 Å². The minimum Gasteiger partial charge on any atom is -0.394 e. The molecule has 0 radical (unpaired) electrons. The molecule has 6 atom stereocenters. The topological polar surface area (TPSA) is 98.7 Å². The average Bonchev–Trinajstić information content (AvgIpc) is 3.50. The van der Waals surface area contributed by atoms with Crippen LogP contribution in [0.5, 0.6) is 0 Å². The number of carbonyl (C=O) groups is 3. The quantitative estimate of drug-likeness (QED) is 0.520. The van der Waals surface area contributed by atoms with E-state index < -0.39 is 34.2 Å². The van der Waals surface area contributed by atoms with Gasteiger partial charge in [-0.15, -0.1) is 11.8 Å². The summed E-state index contributed by atoms with van der Waals surface area (Å²) < 4.78 is -0.695. The van der Waals surface area contributed by atoms with Gasteiger partial charge in [0.2, 0.25) is 17.7 Å². The van der Waals surface area contributed by atoms with Crippen molar-refractivity contribution in [3.05, 3.63) is 66.2 Å². The number of nitrogens with zero attached hydrogens (tertiary/aromatic N) is 1. The Labute approximate surface area is 222 Å². The third kappa shape index (κ3) is 4.66. The first-order valence-corrected chi connectivity index (χ1v) is 13.9. The molecule has 2 aromatic rings. The van der Waals surface area contributed by atoms with Crippen LogP contribution >= 0.6 is 11.8 Å². The molecule has 7 nitrogen and oxygen atoms in total. The molecule has 8 heteroatoms. The first-order chi connectivity index (χ1) is 17.6. The van der Waals surface area contributed by atoms with Gasteiger partial charge in [-0.05, 0) is 57.7 Å². The third-order valence-corrected chi connectivity index (χ3v) is 9.70. The number of likely N-dealkylation sites (tertiary alicyclic amines) is 1. The number of rotatable bonds is 7. The second kappa shape index (κ2) is 9.80. The Kier molecular flexibility index (Phi) is 6.83. The number of amides is 3. The molecule has 196 valence electrons. The fraction of sp³-hybridized carbons (Fsp3) is 0.483. The molecule has 1 spiro atoms. The maximum Gasteiger partial charge on any atom is 0.244 e. The highest BCUT2D eigenvalue weighted by Crippen LogP contribution is 2.66. The summed E-state index contributed by atoms with van der Waals surface area (Å²) in [5.74, 6) is -1.74. The Morgan fingerprint density at radius 1 is 1.08 bits per heavy atom. The van der Waals surface area contributed by atoms with E-state index >= 15 is 0 Å². The van der Waals surface area contributed by atoms with Gasteiger partial charge in [0.15, 0.2) is 0 Å². The smallest absolute Gasteiger partial charge is 0.244 e. The van der Waals surface area contributed by atoms with E-state index in [1.807, 2.05) is 81.4 Å². The van der Waals surface area contributed by atoms with Gasteiger partial charge >= 0.3 is 0 Å². The summed E-state index contributed by atoms with van der Waals surface area (Å²) in [7, 11) is 0. The molecule has 2 unspecified atom stereocenters. The van der Waals surface area contributed by atoms with Crippen molar-refractivity contribution in [2.75, 3.05) is 11.9 Å². The van der Waals surface area contributed by atoms with Crippen LogP contribution in [-0.4, -0.2) is 62.0 Å². The van der Waals surface area contributed by atoms with Gasteiger partial charge in [0.25, 0.3) is 0 Å². The molecule has 3 amide bonds. The summed E-state index contributed by atoms with van der Waals surface area (Å²) in [6.45, 7) is 5.50. The maximum absolute atomic E-state index is 14.3. The van der Waals surface area contributed by atoms with Crippen molar-refractivity contribution in [1.29, 1.82) is 0 Å². The van der Waals surface area contributed by atoms with Gasteiger partial charge in [0.1, 0.15) is 6.04 Å². The standard InChI is InChI=1S/C29H35N3O4S/c1-28(2,3)31-26(35)24-29-15-14-21(37-29)22(25(34)30-19-12-8-5-9-13-19)23(29)27(36)32(24)20(17-33)16-18-10-6-4-7-11-18/h4-13,20-24,33H,14-17H2,1-3H3,(H,30,34)(H,31,35)/t20-,21+,22-,23+,24?,29?/m1/s1. The number of hydrogen-bond donors (Lipinski definition) is 3. The van der Waals surface area contributed by atoms with E-state index in [9.17, 15) is 19.5 Å². The number of para-hydroxylation sites is 1. The summed E-state index contributed by atoms with van der Waals surface area (Å²) >= 11 is 1.63. The zero-order chi connectivity index (χ0) is 26.4. The minimum atomic E-state index is -0.755. The van der Waals surface area contributed by atoms with Crippen molar-refractivity contribution in [2.45, 2.75) is 67.7 Å². The number of aliphatic hydroxyl groups is 1. The Balaban J connectivity index is 1.52. The molecule has 3 N–H and O–H groups in total. The predicted molar refractivity (Wildman–Crippen MR) is 145 cm³/mol. The van der Waals surface area contributed by atoms with Crippen LogP contribution < -0.4 is 10.6 Å². The Hall–Kier alpha value is -2.84. The highest BCUT2D eigenvalue weighted by molar-refractivity contribution is 8.02. The molecule has 3 saturated heterocycles. The molecule has 0 saturated carbocycles. The van der Waals surface area contributed by atoms with Crippen LogP contribution in [0, 0.1) is 11.8 Å². The lowest BCUT2D eigenvalue weighted by Gasteiger charge is -2.38. The summed E-state index contributed by atoms with van der Waals surface area (Å²) in [5.41, 5.74) is 1.19. The highest BCUT2D eigenvalue weighted by Gasteiger charge is 2.74. The molecular formula is C29H35N3O4S. The van der Waals surface area contributed by atoms with Crippen LogP contribution in [0.15, 0.2) is 60.7 Å². The highest BCUT2D eigenvalue weighted by atomic mass is 32.2. The van der Waals surface area contributed by atoms with Crippen LogP contribution in [0.2, 0.25) is 0 Å². The van der Waals surface area contributed by atoms with Crippen LogP contribution in [-0.2, 0) is 20.8 Å². The van der Waals surface area contributed by atoms with Gasteiger partial charge in [0.05, 0.1) is 29.2 Å². The van der Waals surface area contributed by atoms with E-state index in [1.54, 1.807) is 16.7 Å². The second-order valence-corrected chi connectivity index (χ2v) is 13.0. The summed E-state index contributed by atoms with van der Waals surface area (Å²) in [6, 6.07) is 17.6. The summed E-state index contributed by atoms with van der Waals surface area (Å²) in [4.78, 5) is 43.3. The average molecular weight is 522 g/mol. The van der Waals surface area contributed by atoms with Crippen molar-refractivity contribution in [2.24, 2.45) is 11.8 Å². The summed E-state index contributed by atoms with van der Waals surface area (Å²) in [5, 5.41) is 16.6. The fourth-order valence-corrected chi connectivity index (χ4v) is 8.61. The van der Waals surface area contributed by atoms with Crippen molar-refractivity contribution in [3.8, 4) is 0 Å². The number of carbonyl (C=O) groups excluding carboxylic acids is 3. The lowest BCUT2D eigenvalue weighted by molar-refractivity contribution is -0.142. The molecule has 5 rings (SSSR count). The molecule has 3 heterocycles. The molecule has 2 aromatic carbocycles. The second-order valence-electron chi connectivity index (χ2n) is 11.4. The third-order valence-electron chi connectivity index (χ3n) is 7.75. The van der Waals surface area contributed by atoms with E-state index in [2.05, 4.69) is 10.6 Å². The molecule has 3 fully saturated rings. The van der Waals surface area contributed by atoms with E-state index in [4.69, 9.17) is 0 Å². The zero-order valence-electron chi connectivity index (χ0n) is 21.5. The van der Waals surface area contributed by atoms with Crippen LogP contribution in [0.25, 0.3) is 0 Å². The lowest BCUT2D eigenvalue weighted by Crippen LogP contribution is -2.59. The largest absolute Gasteiger partial charge is 0.394 e. The van der Waals surface area contributed by atoms with Crippen LogP contribution in [0.4, 0.5) is 5.69 Å². The number of anilines is 1. The van der Waals surface area contributed by atoms with Crippen molar-refractivity contribution < 1.29 is 19.5 Å². The van der Waals surface area contributed by atoms with Crippen molar-refractivity contribution in [1.82, 2.24) is 10.2 Å². The fourth-order valence-electron chi connectivity index (χ4n) is 6.41. The molecule has 2 bridgehead atoms. The van der Waals surface area contributed by atoms with Gasteiger partial charge < -0.3 is 20.6 Å². The molecular weight excluding hydrogens is 486 g/mol. The number of benzene rings is 2. The molecule has 0 aliphatic carbocycles. The van der Waals surface area contributed by atoms with Gasteiger partial charge in [-0.25, -0.2) is 0 Å². The Morgan fingerprint density at radius 3 is 2.35 bits per heavy atom. The SMILES string of the molecule is CC(C)(C)NC(=O)C1N([C@@H](CO)Cc2ccccc2)C(=O)[C@@H]2[C@H](C(=O)Nc3ccccc3)[C@@H]3CCC12S3. The van der Waals surface area contributed by atoms with Crippen LogP contribution in [0.1, 0.15) is 39.2 Å². The van der Waals surface area contributed by atoms with Gasteiger partial charge in [0, 0.05) is 16.5 Å². The van der Waals surface area contributed by atoms with Gasteiger partial charge in [-0.1, -0.05) is 48.5 Å². The molecule has 3 aliphatic heterocycles. The monoisotopic (exact) mass is 521 g/mol. The number of thioether (sulfide) groups is 1. The summed E-state index contributed by atoms with van der Waals surface area (Å²) in [6.07, 6.45) is 1.90. The number of hydrogen-bond acceptors (Lipinski definition) is 5. The molecule has 3 aliphatic rings. The Morgan fingerprint density at radius 2 is 1.73 bits per heavy atom. The first kappa shape index (κ1) is 25.8. The van der Waals surface area contributed by atoms with E-state index in [-0.39, 0.29) is 29.6 Å². The Bertz CT molecular complexity index is 1170. The van der Waals surface area contributed by atoms with Gasteiger partial charge in [-0.2, -0.15) is 0 Å². The molecule has 0 aromatic heterocycles. The normalized spacial score (nSPS) is 29.2. The lowest BCUT2D eigenvalue weighted by atomic mass is 9.70. The van der Waals surface area contributed by atoms with Crippen molar-refractivity contribution >= 4 is 35.2 Å². The number of aliphatic hydroxyl groups excluding tert-OH is 1. The zero-order valence-corrected chi connectivity index (χ0v) is 22.3. The molecule has 37 heavy (non-hydrogen) atoms. The minimum absolute atomic E-state index is 0.0218. The van der Waals surface area contributed by atoms with Crippen LogP contribution in [0.3, 0.4) is 0 Å². The predicted octanol–water partition coefficient (Wildman–Crippen LogP) is 3.23. The van der Waals surface area contributed by atoms with E-state index in [0.717, 1.165) is 12.0 Å². The van der Waals surface area contributed by atoms with Crippen molar-refractivity contribution in [3.63, 3.8) is 0 Å². The number of nitrogens with one attached hydrogen (secondary N) is 2. The number of fused-ring (bicyclic) bond motifs is 1. The van der Waals surface area contributed by atoms with Gasteiger partial charge in [-0.3, -0.25) is 14.4 Å². The first-order valence-electron chi connectivity index (χ1n) is 13.0. The van der Waals surface area contributed by atoms with E-state index in [1.165, 1.54) is 0 Å². The maximum atomic E-state index is 14.3.